The van der Waals surface area contributed by atoms with Crippen LogP contribution in [0.15, 0.2) is 42.5 Å². The van der Waals surface area contributed by atoms with E-state index in [4.69, 9.17) is 9.72 Å². The summed E-state index contributed by atoms with van der Waals surface area (Å²) in [7, 11) is 1.73. The van der Waals surface area contributed by atoms with Crippen LogP contribution in [-0.2, 0) is 9.53 Å². The van der Waals surface area contributed by atoms with Crippen molar-refractivity contribution >= 4 is 39.8 Å². The van der Waals surface area contributed by atoms with Crippen LogP contribution in [0.2, 0.25) is 0 Å². The smallest absolute Gasteiger partial charge is 0.220 e. The number of unbranched alkanes of at least 4 members (excludes halogenated alkanes) is 1. The molecular weight excluding hydrogens is 516 g/mol. The molecule has 3 heterocycles. The SMILES string of the molecule is CC.COCCN1c2ccccc2NC1c1ccc2c(c1)nc(NCCCCNC(=O)CC(C)C)c1nnc(C)n12.[HH].[HH]. The zero-order chi connectivity index (χ0) is 29.4. The van der Waals surface area contributed by atoms with Crippen LogP contribution in [0.5, 0.6) is 0 Å². The van der Waals surface area contributed by atoms with Crippen LogP contribution in [0.1, 0.15) is 67.4 Å². The molecule has 0 saturated heterocycles. The molecule has 5 rings (SSSR count). The highest BCUT2D eigenvalue weighted by Crippen LogP contribution is 2.41. The number of rotatable bonds is 12. The van der Waals surface area contributed by atoms with Crippen LogP contribution in [0.25, 0.3) is 16.7 Å². The summed E-state index contributed by atoms with van der Waals surface area (Å²) in [6.45, 7) is 12.9. The normalized spacial score (nSPS) is 14.1. The Morgan fingerprint density at radius 2 is 1.90 bits per heavy atom. The van der Waals surface area contributed by atoms with Crippen molar-refractivity contribution in [3.05, 3.63) is 53.9 Å². The summed E-state index contributed by atoms with van der Waals surface area (Å²) < 4.78 is 7.46. The lowest BCUT2D eigenvalue weighted by molar-refractivity contribution is -0.121. The predicted octanol–water partition coefficient (Wildman–Crippen LogP) is 6.04. The molecule has 0 aliphatic carbocycles. The summed E-state index contributed by atoms with van der Waals surface area (Å²) in [5.74, 6) is 2.01. The van der Waals surface area contributed by atoms with Gasteiger partial charge in [-0.3, -0.25) is 9.20 Å². The van der Waals surface area contributed by atoms with Crippen molar-refractivity contribution in [1.82, 2.24) is 24.9 Å². The van der Waals surface area contributed by atoms with Gasteiger partial charge in [-0.05, 0) is 55.5 Å². The maximum Gasteiger partial charge on any atom is 0.220 e. The summed E-state index contributed by atoms with van der Waals surface area (Å²) in [5, 5.41) is 18.9. The van der Waals surface area contributed by atoms with Gasteiger partial charge in [0.2, 0.25) is 11.6 Å². The van der Waals surface area contributed by atoms with Gasteiger partial charge in [0.25, 0.3) is 0 Å². The fourth-order valence-corrected chi connectivity index (χ4v) is 5.12. The Kier molecular flexibility index (Phi) is 10.3. The third kappa shape index (κ3) is 6.87. The van der Waals surface area contributed by atoms with Gasteiger partial charge in [-0.25, -0.2) is 4.98 Å². The second-order valence-corrected chi connectivity index (χ2v) is 10.4. The maximum atomic E-state index is 11.9. The van der Waals surface area contributed by atoms with E-state index in [9.17, 15) is 4.79 Å². The van der Waals surface area contributed by atoms with Gasteiger partial charge in [-0.15, -0.1) is 10.2 Å². The van der Waals surface area contributed by atoms with Crippen LogP contribution >= 0.6 is 0 Å². The summed E-state index contributed by atoms with van der Waals surface area (Å²) in [4.78, 5) is 19.2. The van der Waals surface area contributed by atoms with Crippen molar-refractivity contribution in [2.75, 3.05) is 48.9 Å². The summed E-state index contributed by atoms with van der Waals surface area (Å²) in [6.07, 6.45) is 2.34. The van der Waals surface area contributed by atoms with Crippen LogP contribution in [0.3, 0.4) is 0 Å². The maximum absolute atomic E-state index is 11.9. The molecule has 224 valence electrons. The van der Waals surface area contributed by atoms with Gasteiger partial charge >= 0.3 is 0 Å². The number of benzene rings is 2. The summed E-state index contributed by atoms with van der Waals surface area (Å²) >= 11 is 0. The molecule has 1 amide bonds. The largest absolute Gasteiger partial charge is 0.383 e. The molecule has 0 spiro atoms. The van der Waals surface area contributed by atoms with Crippen molar-refractivity contribution in [2.45, 2.75) is 60.0 Å². The molecule has 2 aromatic heterocycles. The number of nitrogens with zero attached hydrogens (tertiary/aromatic N) is 5. The molecule has 1 unspecified atom stereocenters. The number of carbonyl (C=O) groups excluding carboxylic acids is 1. The van der Waals surface area contributed by atoms with Crippen LogP contribution in [-0.4, -0.2) is 58.8 Å². The Labute approximate surface area is 245 Å². The lowest BCUT2D eigenvalue weighted by atomic mass is 10.1. The van der Waals surface area contributed by atoms with E-state index in [1.54, 1.807) is 7.11 Å². The minimum absolute atomic E-state index is 0. The lowest BCUT2D eigenvalue weighted by Crippen LogP contribution is -2.31. The molecular formula is C31H48N8O2. The zero-order valence-corrected chi connectivity index (χ0v) is 25.2. The van der Waals surface area contributed by atoms with Crippen LogP contribution < -0.4 is 20.9 Å². The monoisotopic (exact) mass is 564 g/mol. The van der Waals surface area contributed by atoms with Crippen molar-refractivity contribution in [3.8, 4) is 0 Å². The lowest BCUT2D eigenvalue weighted by Gasteiger charge is -2.27. The fraction of sp³-hybridized carbons (Fsp3) is 0.484. The first-order chi connectivity index (χ1) is 20.0. The Hall–Kier alpha value is -3.92. The third-order valence-corrected chi connectivity index (χ3v) is 6.99. The van der Waals surface area contributed by atoms with Crippen molar-refractivity contribution in [3.63, 3.8) is 0 Å². The molecule has 4 aromatic rings. The minimum atomic E-state index is -0.0243. The third-order valence-electron chi connectivity index (χ3n) is 6.99. The molecule has 41 heavy (non-hydrogen) atoms. The highest BCUT2D eigenvalue weighted by atomic mass is 16.5. The summed E-state index contributed by atoms with van der Waals surface area (Å²) in [5.41, 5.74) is 5.95. The molecule has 0 fully saturated rings. The standard InChI is InChI=1S/C29H38N8O2.C2H6.2H2/c1-19(2)17-26(38)30-13-7-8-14-31-27-29-35-34-20(3)37(29)25-12-11-21(18-23(25)32-27)28-33-22-9-5-6-10-24(22)36(28)15-16-39-4;1-2;;/h5-6,9-12,18-19,28,33H,7-8,13-17H2,1-4H3,(H,30,38)(H,31,32);1-2H3;2*1H. The van der Waals surface area contributed by atoms with E-state index in [0.29, 0.717) is 37.0 Å². The molecule has 1 aliphatic rings. The number of hydrogen-bond acceptors (Lipinski definition) is 8. The molecule has 10 nitrogen and oxygen atoms in total. The molecule has 1 aliphatic heterocycles. The van der Waals surface area contributed by atoms with Gasteiger partial charge in [0, 0.05) is 36.0 Å². The number of anilines is 3. The van der Waals surface area contributed by atoms with Crippen LogP contribution in [0.4, 0.5) is 17.2 Å². The molecule has 0 saturated carbocycles. The average Bonchev–Trinajstić information content (AvgIpc) is 3.55. The van der Waals surface area contributed by atoms with E-state index in [0.717, 1.165) is 54.0 Å². The number of aromatic nitrogens is 4. The number of nitrogens with one attached hydrogen (secondary N) is 3. The van der Waals surface area contributed by atoms with Gasteiger partial charge in [-0.1, -0.05) is 45.9 Å². The quantitative estimate of drug-likeness (QED) is 0.179. The topological polar surface area (TPSA) is 109 Å². The van der Waals surface area contributed by atoms with E-state index in [1.807, 2.05) is 26.8 Å². The molecule has 3 N–H and O–H groups in total. The molecule has 2 aromatic carbocycles. The summed E-state index contributed by atoms with van der Waals surface area (Å²) in [6, 6.07) is 14.8. The van der Waals surface area contributed by atoms with Crippen LogP contribution in [0, 0.1) is 12.8 Å². The number of para-hydroxylation sites is 2. The van der Waals surface area contributed by atoms with Gasteiger partial charge in [-0.2, -0.15) is 0 Å². The number of amides is 1. The number of fused-ring (bicyclic) bond motifs is 4. The van der Waals surface area contributed by atoms with E-state index < -0.39 is 0 Å². The molecule has 0 radical (unpaired) electrons. The number of aryl methyl sites for hydroxylation is 1. The van der Waals surface area contributed by atoms with E-state index in [2.05, 4.69) is 85.7 Å². The fourth-order valence-electron chi connectivity index (χ4n) is 5.12. The van der Waals surface area contributed by atoms with E-state index >= 15 is 0 Å². The van der Waals surface area contributed by atoms with E-state index in [-0.39, 0.29) is 14.9 Å². The Morgan fingerprint density at radius 3 is 2.68 bits per heavy atom. The second kappa shape index (κ2) is 14.1. The Bertz CT molecular complexity index is 1460. The number of carbonyl (C=O) groups is 1. The Morgan fingerprint density at radius 1 is 1.12 bits per heavy atom. The van der Waals surface area contributed by atoms with Crippen molar-refractivity contribution in [1.29, 1.82) is 0 Å². The predicted molar refractivity (Wildman–Crippen MR) is 171 cm³/mol. The number of methoxy groups -OCH3 is 1. The van der Waals surface area contributed by atoms with Gasteiger partial charge in [0.1, 0.15) is 12.0 Å². The van der Waals surface area contributed by atoms with Gasteiger partial charge in [0.05, 0.1) is 29.0 Å². The molecule has 10 heteroatoms. The van der Waals surface area contributed by atoms with Gasteiger partial charge in [0.15, 0.2) is 5.82 Å². The molecule has 1 atom stereocenters. The minimum Gasteiger partial charge on any atom is -0.383 e. The van der Waals surface area contributed by atoms with Gasteiger partial charge < -0.3 is 25.6 Å². The Balaban J connectivity index is 0.00000158. The number of hydrogen-bond donors (Lipinski definition) is 3. The van der Waals surface area contributed by atoms with Crippen molar-refractivity contribution in [2.24, 2.45) is 5.92 Å². The van der Waals surface area contributed by atoms with Crippen molar-refractivity contribution < 1.29 is 12.4 Å². The zero-order valence-electron chi connectivity index (χ0n) is 25.2. The first kappa shape index (κ1) is 30.0. The molecule has 0 bridgehead atoms. The second-order valence-electron chi connectivity index (χ2n) is 10.4. The highest BCUT2D eigenvalue weighted by Gasteiger charge is 2.29. The first-order valence-electron chi connectivity index (χ1n) is 14.7. The first-order valence-corrected chi connectivity index (χ1v) is 14.7. The average molecular weight is 565 g/mol. The van der Waals surface area contributed by atoms with E-state index in [1.165, 1.54) is 5.69 Å². The number of ether oxygens (including phenoxy) is 1. The highest BCUT2D eigenvalue weighted by molar-refractivity contribution is 5.84.